The maximum absolute atomic E-state index is 11.1. The fourth-order valence-corrected chi connectivity index (χ4v) is 2.54. The quantitative estimate of drug-likeness (QED) is 0.155. The summed E-state index contributed by atoms with van der Waals surface area (Å²) in [5.74, 6) is 1.55. The molecule has 1 aromatic rings. The highest BCUT2D eigenvalue weighted by molar-refractivity contribution is 14.0. The number of esters is 1. The molecule has 6 nitrogen and oxygen atoms in total. The van der Waals surface area contributed by atoms with E-state index in [-0.39, 0.29) is 36.0 Å². The summed E-state index contributed by atoms with van der Waals surface area (Å²) in [6.45, 7) is 10.3. The second kappa shape index (κ2) is 15.4. The minimum Gasteiger partial charge on any atom is -0.491 e. The molecule has 0 aliphatic carbocycles. The monoisotopic (exact) mass is 505 g/mol. The normalized spacial score (nSPS) is 11.0. The molecule has 0 atom stereocenters. The van der Waals surface area contributed by atoms with E-state index in [2.05, 4.69) is 45.5 Å². The lowest BCUT2D eigenvalue weighted by Crippen LogP contribution is -2.37. The van der Waals surface area contributed by atoms with Crippen molar-refractivity contribution in [3.8, 4) is 5.75 Å². The topological polar surface area (TPSA) is 72.0 Å². The number of nitrogens with zero attached hydrogens (tertiary/aromatic N) is 1. The van der Waals surface area contributed by atoms with Crippen molar-refractivity contribution in [3.05, 3.63) is 29.3 Å². The molecule has 0 heterocycles. The third-order valence-electron chi connectivity index (χ3n) is 3.91. The fourth-order valence-electron chi connectivity index (χ4n) is 2.54. The zero-order chi connectivity index (χ0) is 20.1. The van der Waals surface area contributed by atoms with Gasteiger partial charge in [0.25, 0.3) is 0 Å². The summed E-state index contributed by atoms with van der Waals surface area (Å²) in [7, 11) is 1.43. The Bertz CT molecular complexity index is 607. The number of hydrogen-bond donors (Lipinski definition) is 2. The Balaban J connectivity index is 0.00000729. The number of ether oxygens (including phenoxy) is 2. The van der Waals surface area contributed by atoms with Gasteiger partial charge in [0.2, 0.25) is 0 Å². The summed E-state index contributed by atoms with van der Waals surface area (Å²) in [5.41, 5.74) is 2.25. The number of carbonyl (C=O) groups is 1. The molecule has 0 aliphatic rings. The number of halogens is 1. The highest BCUT2D eigenvalue weighted by Gasteiger charge is 2.07. The molecule has 28 heavy (non-hydrogen) atoms. The average molecular weight is 505 g/mol. The van der Waals surface area contributed by atoms with Crippen LogP contribution in [0.5, 0.6) is 5.75 Å². The number of methoxy groups -OCH3 is 1. The van der Waals surface area contributed by atoms with E-state index in [0.29, 0.717) is 13.0 Å². The first-order valence-corrected chi connectivity index (χ1v) is 9.81. The Kier molecular flexibility index (Phi) is 14.6. The maximum atomic E-state index is 11.1. The van der Waals surface area contributed by atoms with Gasteiger partial charge in [-0.2, -0.15) is 0 Å². The Hall–Kier alpha value is -1.51. The van der Waals surface area contributed by atoms with Crippen LogP contribution in [-0.4, -0.2) is 38.2 Å². The zero-order valence-electron chi connectivity index (χ0n) is 17.8. The van der Waals surface area contributed by atoms with E-state index in [1.54, 1.807) is 0 Å². The van der Waals surface area contributed by atoms with Gasteiger partial charge in [0.05, 0.1) is 19.8 Å². The van der Waals surface area contributed by atoms with Crippen molar-refractivity contribution in [2.45, 2.75) is 66.0 Å². The van der Waals surface area contributed by atoms with Crippen molar-refractivity contribution >= 4 is 35.9 Å². The molecule has 2 N–H and O–H groups in total. The molecular weight excluding hydrogens is 469 g/mol. The van der Waals surface area contributed by atoms with Gasteiger partial charge < -0.3 is 20.1 Å². The summed E-state index contributed by atoms with van der Waals surface area (Å²) in [6.07, 6.45) is 3.42. The number of carbonyl (C=O) groups excluding carboxylic acids is 1. The number of hydrogen-bond acceptors (Lipinski definition) is 4. The van der Waals surface area contributed by atoms with Crippen LogP contribution in [-0.2, 0) is 16.1 Å². The smallest absolute Gasteiger partial charge is 0.305 e. The Morgan fingerprint density at radius 1 is 1.18 bits per heavy atom. The predicted molar refractivity (Wildman–Crippen MR) is 126 cm³/mol. The van der Waals surface area contributed by atoms with Gasteiger partial charge in [0.1, 0.15) is 5.75 Å². The third-order valence-corrected chi connectivity index (χ3v) is 3.91. The molecule has 1 aromatic carbocycles. The van der Waals surface area contributed by atoms with Crippen LogP contribution in [0, 0.1) is 6.92 Å². The van der Waals surface area contributed by atoms with Crippen LogP contribution in [0.2, 0.25) is 0 Å². The second-order valence-corrected chi connectivity index (χ2v) is 6.79. The molecule has 1 rings (SSSR count). The van der Waals surface area contributed by atoms with Gasteiger partial charge in [-0.05, 0) is 52.2 Å². The van der Waals surface area contributed by atoms with Crippen molar-refractivity contribution in [2.75, 3.05) is 20.2 Å². The van der Waals surface area contributed by atoms with Crippen molar-refractivity contribution in [1.29, 1.82) is 0 Å². The van der Waals surface area contributed by atoms with Crippen LogP contribution in [0.15, 0.2) is 23.2 Å². The number of rotatable bonds is 11. The first-order valence-electron chi connectivity index (χ1n) is 9.81. The molecular formula is C21H36IN3O3. The van der Waals surface area contributed by atoms with Gasteiger partial charge >= 0.3 is 5.97 Å². The number of nitrogens with one attached hydrogen (secondary N) is 2. The summed E-state index contributed by atoms with van der Waals surface area (Å²) >= 11 is 0. The summed E-state index contributed by atoms with van der Waals surface area (Å²) in [5, 5.41) is 6.61. The maximum Gasteiger partial charge on any atom is 0.305 e. The number of aryl methyl sites for hydroxylation is 1. The summed E-state index contributed by atoms with van der Waals surface area (Å²) in [6, 6.07) is 6.22. The lowest BCUT2D eigenvalue weighted by Gasteiger charge is -2.15. The van der Waals surface area contributed by atoms with Gasteiger partial charge in [-0.15, -0.1) is 24.0 Å². The molecule has 0 unspecified atom stereocenters. The molecule has 0 bridgehead atoms. The zero-order valence-corrected chi connectivity index (χ0v) is 20.2. The number of unbranched alkanes of at least 4 members (excludes halogenated alkanes) is 2. The summed E-state index contributed by atoms with van der Waals surface area (Å²) in [4.78, 5) is 15.8. The molecule has 0 saturated heterocycles. The van der Waals surface area contributed by atoms with E-state index < -0.39 is 0 Å². The van der Waals surface area contributed by atoms with E-state index in [9.17, 15) is 4.79 Å². The summed E-state index contributed by atoms with van der Waals surface area (Å²) < 4.78 is 10.6. The molecule has 0 fully saturated rings. The Morgan fingerprint density at radius 2 is 1.93 bits per heavy atom. The van der Waals surface area contributed by atoms with Crippen LogP contribution in [0.25, 0.3) is 0 Å². The molecule has 0 aromatic heterocycles. The van der Waals surface area contributed by atoms with Crippen LogP contribution in [0.1, 0.15) is 57.6 Å². The van der Waals surface area contributed by atoms with E-state index in [4.69, 9.17) is 4.74 Å². The van der Waals surface area contributed by atoms with Gasteiger partial charge in [-0.25, -0.2) is 4.99 Å². The van der Waals surface area contributed by atoms with Crippen LogP contribution < -0.4 is 15.4 Å². The molecule has 0 amide bonds. The fraction of sp³-hybridized carbons (Fsp3) is 0.619. The first-order chi connectivity index (χ1) is 13.0. The predicted octanol–water partition coefficient (Wildman–Crippen LogP) is 4.19. The standard InChI is InChI=1S/C21H35N3O3.HI/c1-6-22-21(23-13-9-7-8-10-20(25)26-5)24-15-18-12-11-17(4)14-19(18)27-16(2)3;/h11-12,14,16H,6-10,13,15H2,1-5H3,(H2,22,23,24);1H. The molecule has 0 radical (unpaired) electrons. The molecule has 0 spiro atoms. The minimum absolute atomic E-state index is 0. The Labute approximate surface area is 186 Å². The number of benzene rings is 1. The number of aliphatic imine (C=N–C) groups is 1. The largest absolute Gasteiger partial charge is 0.491 e. The highest BCUT2D eigenvalue weighted by atomic mass is 127. The second-order valence-electron chi connectivity index (χ2n) is 6.79. The first kappa shape index (κ1) is 26.5. The molecule has 0 aliphatic heterocycles. The van der Waals surface area contributed by atoms with Gasteiger partial charge in [0, 0.05) is 25.1 Å². The van der Waals surface area contributed by atoms with Gasteiger partial charge in [0.15, 0.2) is 5.96 Å². The van der Waals surface area contributed by atoms with Crippen LogP contribution in [0.3, 0.4) is 0 Å². The van der Waals surface area contributed by atoms with Crippen molar-refractivity contribution in [1.82, 2.24) is 10.6 Å². The number of guanidine groups is 1. The molecule has 0 saturated carbocycles. The molecule has 160 valence electrons. The van der Waals surface area contributed by atoms with E-state index >= 15 is 0 Å². The molecule has 7 heteroatoms. The van der Waals surface area contributed by atoms with E-state index in [0.717, 1.165) is 49.6 Å². The minimum atomic E-state index is -0.143. The van der Waals surface area contributed by atoms with E-state index in [1.807, 2.05) is 20.8 Å². The van der Waals surface area contributed by atoms with Crippen LogP contribution in [0.4, 0.5) is 0 Å². The van der Waals surface area contributed by atoms with Gasteiger partial charge in [-0.1, -0.05) is 18.6 Å². The average Bonchev–Trinajstić information content (AvgIpc) is 2.62. The van der Waals surface area contributed by atoms with Crippen molar-refractivity contribution in [2.24, 2.45) is 4.99 Å². The lowest BCUT2D eigenvalue weighted by atomic mass is 10.1. The Morgan fingerprint density at radius 3 is 2.57 bits per heavy atom. The SMILES string of the molecule is CCNC(=NCc1ccc(C)cc1OC(C)C)NCCCCCC(=O)OC.I. The van der Waals surface area contributed by atoms with Crippen molar-refractivity contribution < 1.29 is 14.3 Å². The van der Waals surface area contributed by atoms with Crippen LogP contribution >= 0.6 is 24.0 Å². The third kappa shape index (κ3) is 11.4. The van der Waals surface area contributed by atoms with E-state index in [1.165, 1.54) is 12.7 Å². The lowest BCUT2D eigenvalue weighted by molar-refractivity contribution is -0.140. The van der Waals surface area contributed by atoms with Gasteiger partial charge in [-0.3, -0.25) is 4.79 Å². The highest BCUT2D eigenvalue weighted by Crippen LogP contribution is 2.22. The van der Waals surface area contributed by atoms with Crippen molar-refractivity contribution in [3.63, 3.8) is 0 Å².